The lowest BCUT2D eigenvalue weighted by Crippen LogP contribution is -2.33. The molecular weight excluding hydrogens is 420 g/mol. The molecule has 2 aromatic rings. The molecule has 0 radical (unpaired) electrons. The van der Waals surface area contributed by atoms with E-state index in [9.17, 15) is 9.59 Å². The summed E-state index contributed by atoms with van der Waals surface area (Å²) in [5, 5.41) is 3.43. The van der Waals surface area contributed by atoms with E-state index in [2.05, 4.69) is 5.32 Å². The second kappa shape index (κ2) is 10.7. The van der Waals surface area contributed by atoms with Crippen molar-refractivity contribution in [3.05, 3.63) is 58.7 Å². The monoisotopic (exact) mass is 444 g/mol. The van der Waals surface area contributed by atoms with Crippen LogP contribution in [0, 0.1) is 0 Å². The smallest absolute Gasteiger partial charge is 0.230 e. The Hall–Kier alpha value is -3.19. The number of carbonyl (C=O) groups is 2. The average molecular weight is 445 g/mol. The number of benzene rings is 2. The fourth-order valence-corrected chi connectivity index (χ4v) is 3.29. The quantitative estimate of drug-likeness (QED) is 0.600. The first-order chi connectivity index (χ1) is 15.0. The zero-order chi connectivity index (χ0) is 22.2. The largest absolute Gasteiger partial charge is 0.493 e. The first-order valence-electron chi connectivity index (χ1n) is 9.88. The van der Waals surface area contributed by atoms with E-state index in [1.165, 1.54) is 0 Å². The van der Waals surface area contributed by atoms with Gasteiger partial charge in [0.25, 0.3) is 0 Å². The minimum absolute atomic E-state index is 0.0823. The topological polar surface area (TPSA) is 77.1 Å². The van der Waals surface area contributed by atoms with Crippen LogP contribution >= 0.6 is 11.6 Å². The van der Waals surface area contributed by atoms with E-state index in [4.69, 9.17) is 25.8 Å². The Balaban J connectivity index is 1.47. The predicted octanol–water partition coefficient (Wildman–Crippen LogP) is 3.30. The normalized spacial score (nSPS) is 12.7. The molecule has 0 fully saturated rings. The second-order valence-electron chi connectivity index (χ2n) is 6.89. The maximum Gasteiger partial charge on any atom is 0.230 e. The van der Waals surface area contributed by atoms with Crippen molar-refractivity contribution in [1.82, 2.24) is 10.2 Å². The first kappa shape index (κ1) is 22.5. The van der Waals surface area contributed by atoms with Crippen molar-refractivity contribution in [3.8, 4) is 17.2 Å². The standard InChI is InChI=1S/C23H25ClN2O5/c1-29-20-13-16-7-10-26(23(28)15-17(16)14-21(20)30-2)11-8-22(27)25-9-12-31-19-5-3-18(24)4-6-19/h3-7,10,13-14H,8-9,11-12,15H2,1-2H3,(H,25,27). The molecule has 3 rings (SSSR count). The number of methoxy groups -OCH3 is 2. The van der Waals surface area contributed by atoms with Gasteiger partial charge in [0.15, 0.2) is 11.5 Å². The van der Waals surface area contributed by atoms with Gasteiger partial charge in [0.05, 0.1) is 27.2 Å². The molecule has 0 saturated heterocycles. The van der Waals surface area contributed by atoms with E-state index in [-0.39, 0.29) is 24.7 Å². The van der Waals surface area contributed by atoms with Crippen LogP contribution < -0.4 is 19.5 Å². The highest BCUT2D eigenvalue weighted by molar-refractivity contribution is 6.30. The van der Waals surface area contributed by atoms with E-state index < -0.39 is 0 Å². The van der Waals surface area contributed by atoms with Crippen molar-refractivity contribution >= 4 is 29.5 Å². The van der Waals surface area contributed by atoms with Crippen LogP contribution in [0.15, 0.2) is 42.6 Å². The van der Waals surface area contributed by atoms with E-state index in [1.807, 2.05) is 18.2 Å². The van der Waals surface area contributed by atoms with Crippen molar-refractivity contribution in [2.45, 2.75) is 12.8 Å². The van der Waals surface area contributed by atoms with Crippen molar-refractivity contribution in [2.24, 2.45) is 0 Å². The van der Waals surface area contributed by atoms with Crippen LogP contribution in [0.1, 0.15) is 17.5 Å². The lowest BCUT2D eigenvalue weighted by Gasteiger charge is -2.17. The molecule has 0 aromatic heterocycles. The fourth-order valence-electron chi connectivity index (χ4n) is 3.16. The number of carbonyl (C=O) groups excluding carboxylic acids is 2. The van der Waals surface area contributed by atoms with Gasteiger partial charge in [0.2, 0.25) is 11.8 Å². The summed E-state index contributed by atoms with van der Waals surface area (Å²) in [5.74, 6) is 1.64. The minimum Gasteiger partial charge on any atom is -0.493 e. The predicted molar refractivity (Wildman–Crippen MR) is 119 cm³/mol. The number of ether oxygens (including phenoxy) is 3. The van der Waals surface area contributed by atoms with Crippen LogP contribution in [0.3, 0.4) is 0 Å². The molecule has 1 N–H and O–H groups in total. The van der Waals surface area contributed by atoms with Crippen molar-refractivity contribution in [2.75, 3.05) is 33.9 Å². The summed E-state index contributed by atoms with van der Waals surface area (Å²) in [6.45, 7) is 1.01. The lowest BCUT2D eigenvalue weighted by atomic mass is 10.0. The molecule has 1 heterocycles. The minimum atomic E-state index is -0.147. The third kappa shape index (κ3) is 6.15. The summed E-state index contributed by atoms with van der Waals surface area (Å²) in [6.07, 6.45) is 3.97. The Bertz CT molecular complexity index is 959. The molecule has 0 spiro atoms. The van der Waals surface area contributed by atoms with Gasteiger partial charge in [0.1, 0.15) is 12.4 Å². The SMILES string of the molecule is COc1cc2c(cc1OC)CC(=O)N(CCC(=O)NCCOc1ccc(Cl)cc1)C=C2. The van der Waals surface area contributed by atoms with Crippen LogP contribution in [0.4, 0.5) is 0 Å². The maximum absolute atomic E-state index is 12.6. The van der Waals surface area contributed by atoms with Crippen LogP contribution in [0.25, 0.3) is 6.08 Å². The molecule has 0 bridgehead atoms. The van der Waals surface area contributed by atoms with Crippen LogP contribution in [0.5, 0.6) is 17.2 Å². The molecule has 8 heteroatoms. The van der Waals surface area contributed by atoms with Gasteiger partial charge in [-0.05, 0) is 53.6 Å². The Labute approximate surface area is 186 Å². The van der Waals surface area contributed by atoms with Gasteiger partial charge in [-0.25, -0.2) is 0 Å². The summed E-state index contributed by atoms with van der Waals surface area (Å²) in [6, 6.07) is 10.7. The molecule has 1 aliphatic rings. The molecule has 0 unspecified atom stereocenters. The number of hydrogen-bond acceptors (Lipinski definition) is 5. The molecule has 2 aromatic carbocycles. The highest BCUT2D eigenvalue weighted by Gasteiger charge is 2.20. The van der Waals surface area contributed by atoms with E-state index in [0.717, 1.165) is 11.1 Å². The maximum atomic E-state index is 12.6. The molecule has 0 atom stereocenters. The summed E-state index contributed by atoms with van der Waals surface area (Å²) in [5.41, 5.74) is 1.74. The molecule has 1 aliphatic heterocycles. The molecule has 2 amide bonds. The lowest BCUT2D eigenvalue weighted by molar-refractivity contribution is -0.128. The van der Waals surface area contributed by atoms with Crippen LogP contribution in [-0.4, -0.2) is 50.6 Å². The Morgan fingerprint density at radius 3 is 2.55 bits per heavy atom. The van der Waals surface area contributed by atoms with Crippen LogP contribution in [0.2, 0.25) is 5.02 Å². The average Bonchev–Trinajstić information content (AvgIpc) is 2.93. The molecule has 0 saturated carbocycles. The molecule has 31 heavy (non-hydrogen) atoms. The number of amides is 2. The summed E-state index contributed by atoms with van der Waals surface area (Å²) >= 11 is 5.83. The number of fused-ring (bicyclic) bond motifs is 1. The summed E-state index contributed by atoms with van der Waals surface area (Å²) < 4.78 is 16.2. The highest BCUT2D eigenvalue weighted by Crippen LogP contribution is 2.32. The van der Waals surface area contributed by atoms with Gasteiger partial charge in [-0.1, -0.05) is 11.6 Å². The molecular formula is C23H25ClN2O5. The number of nitrogens with one attached hydrogen (secondary N) is 1. The summed E-state index contributed by atoms with van der Waals surface area (Å²) in [7, 11) is 3.13. The Morgan fingerprint density at radius 2 is 1.84 bits per heavy atom. The zero-order valence-electron chi connectivity index (χ0n) is 17.5. The zero-order valence-corrected chi connectivity index (χ0v) is 18.3. The fraction of sp³-hybridized carbons (Fsp3) is 0.304. The van der Waals surface area contributed by atoms with E-state index in [1.54, 1.807) is 49.6 Å². The molecule has 0 aliphatic carbocycles. The van der Waals surface area contributed by atoms with Crippen molar-refractivity contribution < 1.29 is 23.8 Å². The number of nitrogens with zero attached hydrogens (tertiary/aromatic N) is 1. The van der Waals surface area contributed by atoms with Crippen LogP contribution in [-0.2, 0) is 16.0 Å². The van der Waals surface area contributed by atoms with Crippen molar-refractivity contribution in [1.29, 1.82) is 0 Å². The van der Waals surface area contributed by atoms with Gasteiger partial charge >= 0.3 is 0 Å². The number of hydrogen-bond donors (Lipinski definition) is 1. The highest BCUT2D eigenvalue weighted by atomic mass is 35.5. The number of halogens is 1. The Morgan fingerprint density at radius 1 is 1.13 bits per heavy atom. The molecule has 164 valence electrons. The Kier molecular flexibility index (Phi) is 7.78. The first-order valence-corrected chi connectivity index (χ1v) is 10.3. The second-order valence-corrected chi connectivity index (χ2v) is 7.32. The van der Waals surface area contributed by atoms with Gasteiger partial charge < -0.3 is 24.4 Å². The van der Waals surface area contributed by atoms with E-state index in [0.29, 0.717) is 42.0 Å². The van der Waals surface area contributed by atoms with E-state index >= 15 is 0 Å². The third-order valence-electron chi connectivity index (χ3n) is 4.83. The van der Waals surface area contributed by atoms with Crippen molar-refractivity contribution in [3.63, 3.8) is 0 Å². The molecule has 7 nitrogen and oxygen atoms in total. The summed E-state index contributed by atoms with van der Waals surface area (Å²) in [4.78, 5) is 26.3. The van der Waals surface area contributed by atoms with Gasteiger partial charge in [-0.15, -0.1) is 0 Å². The third-order valence-corrected chi connectivity index (χ3v) is 5.08. The van der Waals surface area contributed by atoms with Gasteiger partial charge in [-0.3, -0.25) is 9.59 Å². The number of rotatable bonds is 9. The van der Waals surface area contributed by atoms with Gasteiger partial charge in [-0.2, -0.15) is 0 Å². The van der Waals surface area contributed by atoms with Gasteiger partial charge in [0, 0.05) is 24.2 Å².